The van der Waals surface area contributed by atoms with Crippen molar-refractivity contribution < 1.29 is 4.79 Å². The van der Waals surface area contributed by atoms with Gasteiger partial charge in [-0.3, -0.25) is 9.48 Å². The summed E-state index contributed by atoms with van der Waals surface area (Å²) < 4.78 is 1.93. The van der Waals surface area contributed by atoms with Gasteiger partial charge in [0.05, 0.1) is 12.1 Å². The van der Waals surface area contributed by atoms with Gasteiger partial charge in [-0.1, -0.05) is 30.2 Å². The highest BCUT2D eigenvalue weighted by molar-refractivity contribution is 6.30. The molecule has 2 N–H and O–H groups in total. The van der Waals surface area contributed by atoms with Crippen molar-refractivity contribution in [2.75, 3.05) is 13.1 Å². The van der Waals surface area contributed by atoms with Crippen LogP contribution in [0.2, 0.25) is 5.02 Å². The highest BCUT2D eigenvalue weighted by atomic mass is 35.5. The molecular weight excluding hydrogens is 348 g/mol. The van der Waals surface area contributed by atoms with Crippen molar-refractivity contribution in [3.63, 3.8) is 0 Å². The lowest BCUT2D eigenvalue weighted by molar-refractivity contribution is 0.0894. The van der Waals surface area contributed by atoms with E-state index in [0.29, 0.717) is 22.7 Å². The van der Waals surface area contributed by atoms with Crippen molar-refractivity contribution in [1.82, 2.24) is 20.4 Å². The molecule has 6 heteroatoms. The van der Waals surface area contributed by atoms with E-state index in [9.17, 15) is 4.79 Å². The summed E-state index contributed by atoms with van der Waals surface area (Å²) in [5, 5.41) is 11.9. The molecule has 2 atom stereocenters. The molecule has 5 nitrogen and oxygen atoms in total. The van der Waals surface area contributed by atoms with E-state index < -0.39 is 0 Å². The lowest BCUT2D eigenvalue weighted by atomic mass is 9.77. The summed E-state index contributed by atoms with van der Waals surface area (Å²) in [6.45, 7) is 1.98. The average molecular weight is 373 g/mol. The lowest BCUT2D eigenvalue weighted by Gasteiger charge is -2.34. The molecule has 1 saturated heterocycles. The maximum Gasteiger partial charge on any atom is 0.272 e. The first-order valence-corrected chi connectivity index (χ1v) is 9.91. The second-order valence-electron chi connectivity index (χ2n) is 7.37. The van der Waals surface area contributed by atoms with E-state index in [4.69, 9.17) is 11.6 Å². The molecule has 2 heterocycles. The topological polar surface area (TPSA) is 59.0 Å². The molecule has 0 radical (unpaired) electrons. The third-order valence-corrected chi connectivity index (χ3v) is 5.87. The van der Waals surface area contributed by atoms with Gasteiger partial charge in [0.15, 0.2) is 0 Å². The van der Waals surface area contributed by atoms with Gasteiger partial charge in [0.25, 0.3) is 5.91 Å². The molecule has 2 aliphatic rings. The number of benzene rings is 1. The van der Waals surface area contributed by atoms with Crippen molar-refractivity contribution in [3.05, 3.63) is 52.8 Å². The Kier molecular flexibility index (Phi) is 5.27. The van der Waals surface area contributed by atoms with Crippen LogP contribution in [0.1, 0.15) is 60.2 Å². The Bertz CT molecular complexity index is 747. The standard InChI is InChI=1S/C20H25ClN4O/c21-16-8-6-15(7-9-16)19(14-3-1-4-14)23-20(26)18-10-12-25(24-18)17-5-2-11-22-13-17/h6-10,12,14,17,19,22H,1-5,11,13H2,(H,23,26). The van der Waals surface area contributed by atoms with Crippen LogP contribution in [0, 0.1) is 5.92 Å². The van der Waals surface area contributed by atoms with E-state index in [1.165, 1.54) is 6.42 Å². The van der Waals surface area contributed by atoms with Crippen LogP contribution < -0.4 is 10.6 Å². The summed E-state index contributed by atoms with van der Waals surface area (Å²) in [5.41, 5.74) is 1.61. The fourth-order valence-electron chi connectivity index (χ4n) is 3.85. The van der Waals surface area contributed by atoms with Gasteiger partial charge >= 0.3 is 0 Å². The van der Waals surface area contributed by atoms with Crippen LogP contribution in [0.4, 0.5) is 0 Å². The van der Waals surface area contributed by atoms with E-state index in [2.05, 4.69) is 15.7 Å². The van der Waals surface area contributed by atoms with Gasteiger partial charge in [0, 0.05) is 17.8 Å². The van der Waals surface area contributed by atoms with E-state index in [0.717, 1.165) is 44.3 Å². The normalized spacial score (nSPS) is 21.8. The van der Waals surface area contributed by atoms with E-state index in [-0.39, 0.29) is 11.9 Å². The highest BCUT2D eigenvalue weighted by Crippen LogP contribution is 2.38. The van der Waals surface area contributed by atoms with Crippen LogP contribution in [0.25, 0.3) is 0 Å². The molecule has 26 heavy (non-hydrogen) atoms. The van der Waals surface area contributed by atoms with Gasteiger partial charge < -0.3 is 10.6 Å². The minimum Gasteiger partial charge on any atom is -0.344 e. The second kappa shape index (κ2) is 7.80. The minimum atomic E-state index is -0.0978. The molecule has 2 unspecified atom stereocenters. The number of halogens is 1. The predicted molar refractivity (Wildman–Crippen MR) is 102 cm³/mol. The molecule has 2 fully saturated rings. The summed E-state index contributed by atoms with van der Waals surface area (Å²) in [4.78, 5) is 12.8. The van der Waals surface area contributed by atoms with Crippen molar-refractivity contribution in [2.24, 2.45) is 5.92 Å². The lowest BCUT2D eigenvalue weighted by Crippen LogP contribution is -2.36. The van der Waals surface area contributed by atoms with Gasteiger partial charge in [-0.25, -0.2) is 0 Å². The van der Waals surface area contributed by atoms with Gasteiger partial charge in [-0.05, 0) is 61.9 Å². The Balaban J connectivity index is 1.47. The molecule has 1 aliphatic heterocycles. The number of carbonyl (C=O) groups is 1. The van der Waals surface area contributed by atoms with Crippen LogP contribution in [0.15, 0.2) is 36.5 Å². The number of aromatic nitrogens is 2. The molecule has 0 bridgehead atoms. The number of amides is 1. The fourth-order valence-corrected chi connectivity index (χ4v) is 3.98. The van der Waals surface area contributed by atoms with Crippen LogP contribution in [0.5, 0.6) is 0 Å². The summed E-state index contributed by atoms with van der Waals surface area (Å²) >= 11 is 6.02. The van der Waals surface area contributed by atoms with Crippen molar-refractivity contribution >= 4 is 17.5 Å². The summed E-state index contributed by atoms with van der Waals surface area (Å²) in [6, 6.07) is 9.98. The third kappa shape index (κ3) is 3.79. The Morgan fingerprint density at radius 1 is 1.19 bits per heavy atom. The number of carbonyl (C=O) groups excluding carboxylic acids is 1. The van der Waals surface area contributed by atoms with Crippen molar-refractivity contribution in [2.45, 2.75) is 44.2 Å². The first-order valence-electron chi connectivity index (χ1n) is 9.53. The monoisotopic (exact) mass is 372 g/mol. The van der Waals surface area contributed by atoms with Crippen molar-refractivity contribution in [1.29, 1.82) is 0 Å². The highest BCUT2D eigenvalue weighted by Gasteiger charge is 2.30. The number of nitrogens with one attached hydrogen (secondary N) is 2. The van der Waals surface area contributed by atoms with Crippen LogP contribution in [0.3, 0.4) is 0 Å². The molecule has 138 valence electrons. The molecular formula is C20H25ClN4O. The average Bonchev–Trinajstić information content (AvgIpc) is 3.11. The molecule has 1 amide bonds. The second-order valence-corrected chi connectivity index (χ2v) is 7.81. The molecule has 1 aromatic heterocycles. The quantitative estimate of drug-likeness (QED) is 0.840. The zero-order valence-corrected chi connectivity index (χ0v) is 15.6. The van der Waals surface area contributed by atoms with Gasteiger partial charge in [0.1, 0.15) is 5.69 Å². The summed E-state index contributed by atoms with van der Waals surface area (Å²) in [5.74, 6) is 0.393. The van der Waals surface area contributed by atoms with Crippen LogP contribution in [-0.4, -0.2) is 28.8 Å². The van der Waals surface area contributed by atoms with E-state index >= 15 is 0 Å². The summed E-state index contributed by atoms with van der Waals surface area (Å²) in [7, 11) is 0. The summed E-state index contributed by atoms with van der Waals surface area (Å²) in [6.07, 6.45) is 7.70. The van der Waals surface area contributed by atoms with Crippen molar-refractivity contribution in [3.8, 4) is 0 Å². The molecule has 0 spiro atoms. The number of rotatable bonds is 5. The number of hydrogen-bond donors (Lipinski definition) is 2. The zero-order valence-electron chi connectivity index (χ0n) is 14.8. The first kappa shape index (κ1) is 17.6. The Labute approximate surface area is 159 Å². The maximum absolute atomic E-state index is 12.8. The first-order chi connectivity index (χ1) is 12.7. The molecule has 2 aromatic rings. The predicted octanol–water partition coefficient (Wildman–Crippen LogP) is 3.73. The van der Waals surface area contributed by atoms with Gasteiger partial charge in [-0.15, -0.1) is 0 Å². The maximum atomic E-state index is 12.8. The SMILES string of the molecule is O=C(NC(c1ccc(Cl)cc1)C1CCC1)c1ccn(C2CCCNC2)n1. The number of nitrogens with zero attached hydrogens (tertiary/aromatic N) is 2. The molecule has 1 aliphatic carbocycles. The van der Waals surface area contributed by atoms with E-state index in [1.807, 2.05) is 41.2 Å². The van der Waals surface area contributed by atoms with Gasteiger partial charge in [0.2, 0.25) is 0 Å². The van der Waals surface area contributed by atoms with Gasteiger partial charge in [-0.2, -0.15) is 5.10 Å². The molecule has 1 aromatic carbocycles. The zero-order chi connectivity index (χ0) is 17.9. The minimum absolute atomic E-state index is 0.0232. The molecule has 1 saturated carbocycles. The fraction of sp³-hybridized carbons (Fsp3) is 0.500. The third-order valence-electron chi connectivity index (χ3n) is 5.62. The van der Waals surface area contributed by atoms with Crippen LogP contribution in [-0.2, 0) is 0 Å². The smallest absolute Gasteiger partial charge is 0.272 e. The Hall–Kier alpha value is -1.85. The number of hydrogen-bond acceptors (Lipinski definition) is 3. The largest absolute Gasteiger partial charge is 0.344 e. The number of piperidine rings is 1. The van der Waals surface area contributed by atoms with Crippen LogP contribution >= 0.6 is 11.6 Å². The van der Waals surface area contributed by atoms with E-state index in [1.54, 1.807) is 0 Å². The molecule has 4 rings (SSSR count). The Morgan fingerprint density at radius 3 is 2.65 bits per heavy atom. The Morgan fingerprint density at radius 2 is 2.00 bits per heavy atom.